The van der Waals surface area contributed by atoms with Gasteiger partial charge < -0.3 is 14.8 Å². The fourth-order valence-corrected chi connectivity index (χ4v) is 7.84. The quantitative estimate of drug-likeness (QED) is 0.707. The molecule has 1 N–H and O–H groups in total. The monoisotopic (exact) mass is 419 g/mol. The summed E-state index contributed by atoms with van der Waals surface area (Å²) in [4.78, 5) is 12.8. The van der Waals surface area contributed by atoms with Gasteiger partial charge in [0.05, 0.1) is 13.2 Å². The molecule has 5 aliphatic rings. The first-order valence-electron chi connectivity index (χ1n) is 9.89. The smallest absolute Gasteiger partial charge is 0.224 e. The molecule has 4 aliphatic carbocycles. The fourth-order valence-electron chi connectivity index (χ4n) is 6.33. The Hall–Kier alpha value is -1.23. The van der Waals surface area contributed by atoms with Gasteiger partial charge in [-0.05, 0) is 67.9 Å². The first-order chi connectivity index (χ1) is 12.5. The molecule has 1 aromatic carbocycles. The van der Waals surface area contributed by atoms with Crippen LogP contribution in [0.2, 0.25) is 0 Å². The zero-order valence-electron chi connectivity index (χ0n) is 15.1. The summed E-state index contributed by atoms with van der Waals surface area (Å²) in [6, 6.07) is 5.70. The lowest BCUT2D eigenvalue weighted by molar-refractivity contribution is -0.123. The second kappa shape index (κ2) is 6.15. The standard InChI is InChI=1S/C21H26BrNO3/c22-21-10-14-6-15(11-21)9-20(8-14,13-21)12-19(24)23-16-2-3-17-18(7-16)26-5-1-4-25-17/h2-3,7,14-15H,1,4-6,8-13H2,(H,23,24)/t14-,15-,20?,21?/m1/s1. The molecule has 1 aliphatic heterocycles. The van der Waals surface area contributed by atoms with Gasteiger partial charge in [0.15, 0.2) is 11.5 Å². The van der Waals surface area contributed by atoms with Crippen LogP contribution in [0.1, 0.15) is 51.4 Å². The van der Waals surface area contributed by atoms with E-state index in [1.54, 1.807) is 0 Å². The van der Waals surface area contributed by atoms with Crippen LogP contribution in [0.4, 0.5) is 5.69 Å². The van der Waals surface area contributed by atoms with Crippen molar-refractivity contribution in [3.63, 3.8) is 0 Å². The summed E-state index contributed by atoms with van der Waals surface area (Å²) >= 11 is 4.04. The number of ether oxygens (including phenoxy) is 2. The molecule has 1 amide bonds. The molecule has 26 heavy (non-hydrogen) atoms. The summed E-state index contributed by atoms with van der Waals surface area (Å²) in [7, 11) is 0. The van der Waals surface area contributed by atoms with Crippen molar-refractivity contribution in [1.82, 2.24) is 0 Å². The van der Waals surface area contributed by atoms with Crippen molar-refractivity contribution in [2.45, 2.75) is 55.7 Å². The molecule has 2 atom stereocenters. The molecule has 0 spiro atoms. The zero-order chi connectivity index (χ0) is 17.8. The van der Waals surface area contributed by atoms with Crippen LogP contribution in [0.25, 0.3) is 0 Å². The molecule has 1 aromatic rings. The number of fused-ring (bicyclic) bond motifs is 1. The van der Waals surface area contributed by atoms with E-state index >= 15 is 0 Å². The molecule has 4 nitrogen and oxygen atoms in total. The van der Waals surface area contributed by atoms with Gasteiger partial charge in [0.25, 0.3) is 0 Å². The molecule has 5 heteroatoms. The van der Waals surface area contributed by atoms with Gasteiger partial charge in [-0.15, -0.1) is 0 Å². The third-order valence-corrected chi connectivity index (χ3v) is 7.61. The topological polar surface area (TPSA) is 47.6 Å². The van der Waals surface area contributed by atoms with Crippen LogP contribution < -0.4 is 14.8 Å². The molecule has 4 fully saturated rings. The van der Waals surface area contributed by atoms with Crippen molar-refractivity contribution in [3.8, 4) is 11.5 Å². The molecule has 4 bridgehead atoms. The summed E-state index contributed by atoms with van der Waals surface area (Å²) in [5.74, 6) is 3.25. The first kappa shape index (κ1) is 16.9. The second-order valence-electron chi connectivity index (χ2n) is 9.05. The molecule has 0 aromatic heterocycles. The number of carbonyl (C=O) groups excluding carboxylic acids is 1. The first-order valence-corrected chi connectivity index (χ1v) is 10.7. The van der Waals surface area contributed by atoms with Crippen molar-refractivity contribution < 1.29 is 14.3 Å². The average Bonchev–Trinajstić information content (AvgIpc) is 2.76. The average molecular weight is 420 g/mol. The lowest BCUT2D eigenvalue weighted by atomic mass is 9.48. The third kappa shape index (κ3) is 3.12. The summed E-state index contributed by atoms with van der Waals surface area (Å²) in [6.45, 7) is 1.33. The molecule has 0 saturated heterocycles. The Balaban J connectivity index is 1.29. The van der Waals surface area contributed by atoms with Crippen molar-refractivity contribution in [2.24, 2.45) is 17.3 Å². The number of benzene rings is 1. The van der Waals surface area contributed by atoms with Crippen LogP contribution in [-0.2, 0) is 4.79 Å². The Morgan fingerprint density at radius 3 is 2.58 bits per heavy atom. The Kier molecular flexibility index (Phi) is 4.00. The molecular formula is C21H26BrNO3. The largest absolute Gasteiger partial charge is 0.490 e. The molecule has 6 rings (SSSR count). The number of hydrogen-bond donors (Lipinski definition) is 1. The highest BCUT2D eigenvalue weighted by atomic mass is 79.9. The lowest BCUT2D eigenvalue weighted by Crippen LogP contribution is -2.53. The van der Waals surface area contributed by atoms with E-state index in [0.29, 0.717) is 24.0 Å². The van der Waals surface area contributed by atoms with Gasteiger partial charge in [0.2, 0.25) is 5.91 Å². The van der Waals surface area contributed by atoms with Crippen molar-refractivity contribution in [2.75, 3.05) is 18.5 Å². The van der Waals surface area contributed by atoms with Crippen LogP contribution >= 0.6 is 15.9 Å². The molecule has 0 radical (unpaired) electrons. The Morgan fingerprint density at radius 2 is 1.85 bits per heavy atom. The van der Waals surface area contributed by atoms with Crippen LogP contribution in [-0.4, -0.2) is 23.4 Å². The zero-order valence-corrected chi connectivity index (χ0v) is 16.6. The van der Waals surface area contributed by atoms with Crippen molar-refractivity contribution in [1.29, 1.82) is 0 Å². The predicted octanol–water partition coefficient (Wildman–Crippen LogP) is 4.91. The maximum Gasteiger partial charge on any atom is 0.224 e. The maximum atomic E-state index is 12.8. The summed E-state index contributed by atoms with van der Waals surface area (Å²) < 4.78 is 11.7. The minimum atomic E-state index is 0.137. The summed E-state index contributed by atoms with van der Waals surface area (Å²) in [6.07, 6.45) is 9.11. The number of hydrogen-bond acceptors (Lipinski definition) is 3. The van der Waals surface area contributed by atoms with Gasteiger partial charge in [0.1, 0.15) is 0 Å². The molecular weight excluding hydrogens is 394 g/mol. The minimum Gasteiger partial charge on any atom is -0.490 e. The maximum absolute atomic E-state index is 12.8. The lowest BCUT2D eigenvalue weighted by Gasteiger charge is -2.60. The van der Waals surface area contributed by atoms with Gasteiger partial charge in [-0.1, -0.05) is 15.9 Å². The Morgan fingerprint density at radius 1 is 1.12 bits per heavy atom. The van der Waals surface area contributed by atoms with Crippen LogP contribution in [0, 0.1) is 17.3 Å². The molecule has 140 valence electrons. The van der Waals surface area contributed by atoms with E-state index < -0.39 is 0 Å². The van der Waals surface area contributed by atoms with E-state index in [0.717, 1.165) is 41.9 Å². The van der Waals surface area contributed by atoms with Gasteiger partial charge in [-0.2, -0.15) is 0 Å². The number of carbonyl (C=O) groups is 1. The number of rotatable bonds is 3. The van der Waals surface area contributed by atoms with Crippen LogP contribution in [0.5, 0.6) is 11.5 Å². The van der Waals surface area contributed by atoms with Crippen LogP contribution in [0.15, 0.2) is 18.2 Å². The van der Waals surface area contributed by atoms with Crippen molar-refractivity contribution >= 4 is 27.5 Å². The minimum absolute atomic E-state index is 0.137. The highest BCUT2D eigenvalue weighted by Crippen LogP contribution is 2.65. The summed E-state index contributed by atoms with van der Waals surface area (Å²) in [5, 5.41) is 3.11. The number of anilines is 1. The number of halogens is 1. The molecule has 4 saturated carbocycles. The normalized spacial score (nSPS) is 37.3. The van der Waals surface area contributed by atoms with E-state index in [4.69, 9.17) is 9.47 Å². The van der Waals surface area contributed by atoms with E-state index in [1.165, 1.54) is 32.1 Å². The molecule has 0 unspecified atom stereocenters. The Bertz CT molecular complexity index is 720. The van der Waals surface area contributed by atoms with E-state index in [2.05, 4.69) is 21.2 Å². The SMILES string of the molecule is O=C(CC12C[C@H]3C[C@@H](CC(Br)(C3)C1)C2)Nc1ccc2c(c1)OCCCO2. The summed E-state index contributed by atoms with van der Waals surface area (Å²) in [5.41, 5.74) is 1.00. The van der Waals surface area contributed by atoms with Gasteiger partial charge in [-0.25, -0.2) is 0 Å². The second-order valence-corrected chi connectivity index (χ2v) is 10.7. The van der Waals surface area contributed by atoms with E-state index in [9.17, 15) is 4.79 Å². The van der Waals surface area contributed by atoms with Crippen LogP contribution in [0.3, 0.4) is 0 Å². The molecule has 1 heterocycles. The number of amides is 1. The number of nitrogens with one attached hydrogen (secondary N) is 1. The highest BCUT2D eigenvalue weighted by Gasteiger charge is 2.57. The third-order valence-electron chi connectivity index (χ3n) is 6.68. The van der Waals surface area contributed by atoms with E-state index in [-0.39, 0.29) is 11.3 Å². The van der Waals surface area contributed by atoms with Gasteiger partial charge in [-0.3, -0.25) is 4.79 Å². The highest BCUT2D eigenvalue weighted by molar-refractivity contribution is 9.10. The van der Waals surface area contributed by atoms with Crippen molar-refractivity contribution in [3.05, 3.63) is 18.2 Å². The van der Waals surface area contributed by atoms with Gasteiger partial charge >= 0.3 is 0 Å². The Labute approximate surface area is 163 Å². The van der Waals surface area contributed by atoms with Gasteiger partial charge in [0, 0.05) is 28.9 Å². The number of alkyl halides is 1. The van der Waals surface area contributed by atoms with E-state index in [1.807, 2.05) is 18.2 Å². The predicted molar refractivity (Wildman–Crippen MR) is 104 cm³/mol. The fraction of sp³-hybridized carbons (Fsp3) is 0.667.